The summed E-state index contributed by atoms with van der Waals surface area (Å²) in [6.45, 7) is 1.01. The van der Waals surface area contributed by atoms with Crippen molar-refractivity contribution < 1.29 is 4.79 Å². The Kier molecular flexibility index (Phi) is 6.05. The van der Waals surface area contributed by atoms with Crippen molar-refractivity contribution in [1.29, 1.82) is 0 Å². The lowest BCUT2D eigenvalue weighted by Crippen LogP contribution is -2.29. The van der Waals surface area contributed by atoms with E-state index in [1.54, 1.807) is 24.3 Å². The quantitative estimate of drug-likeness (QED) is 0.795. The third-order valence-corrected chi connectivity index (χ3v) is 3.42. The van der Waals surface area contributed by atoms with Gasteiger partial charge in [-0.25, -0.2) is 0 Å². The Hall–Kier alpha value is -1.55. The molecule has 0 unspecified atom stereocenters. The molecule has 0 aliphatic rings. The number of halogens is 2. The van der Waals surface area contributed by atoms with E-state index < -0.39 is 0 Å². The first kappa shape index (κ1) is 15.8. The van der Waals surface area contributed by atoms with E-state index in [-0.39, 0.29) is 12.5 Å². The highest BCUT2D eigenvalue weighted by Crippen LogP contribution is 2.13. The van der Waals surface area contributed by atoms with Crippen LogP contribution < -0.4 is 10.6 Å². The lowest BCUT2D eigenvalue weighted by Gasteiger charge is -2.07. The van der Waals surface area contributed by atoms with E-state index in [9.17, 15) is 4.79 Å². The molecule has 0 saturated heterocycles. The van der Waals surface area contributed by atoms with Crippen molar-refractivity contribution in [2.75, 3.05) is 18.4 Å². The highest BCUT2D eigenvalue weighted by atomic mass is 35.5. The Balaban J connectivity index is 1.67. The third-order valence-electron chi connectivity index (χ3n) is 2.92. The molecular weight excluding hydrogens is 307 g/mol. The first-order valence-electron chi connectivity index (χ1n) is 6.64. The summed E-state index contributed by atoms with van der Waals surface area (Å²) >= 11 is 11.6. The molecule has 5 heteroatoms. The lowest BCUT2D eigenvalue weighted by molar-refractivity contribution is -0.115. The number of hydrogen-bond acceptors (Lipinski definition) is 2. The zero-order valence-electron chi connectivity index (χ0n) is 11.4. The average Bonchev–Trinajstić information content (AvgIpc) is 2.48. The summed E-state index contributed by atoms with van der Waals surface area (Å²) in [5.74, 6) is -0.0755. The largest absolute Gasteiger partial charge is 0.325 e. The molecule has 3 nitrogen and oxygen atoms in total. The minimum atomic E-state index is -0.0755. The number of nitrogens with one attached hydrogen (secondary N) is 2. The Morgan fingerprint density at radius 3 is 2.10 bits per heavy atom. The molecule has 0 aliphatic carbocycles. The molecule has 1 amide bonds. The van der Waals surface area contributed by atoms with Crippen LogP contribution in [0.2, 0.25) is 10.0 Å². The van der Waals surface area contributed by atoms with E-state index in [2.05, 4.69) is 10.6 Å². The van der Waals surface area contributed by atoms with Crippen LogP contribution in [0.3, 0.4) is 0 Å². The number of rotatable bonds is 6. The zero-order valence-corrected chi connectivity index (χ0v) is 12.9. The van der Waals surface area contributed by atoms with Crippen molar-refractivity contribution in [2.24, 2.45) is 0 Å². The van der Waals surface area contributed by atoms with Crippen molar-refractivity contribution in [2.45, 2.75) is 6.42 Å². The summed E-state index contributed by atoms with van der Waals surface area (Å²) in [4.78, 5) is 11.7. The molecule has 0 radical (unpaired) electrons. The standard InChI is InChI=1S/C16H16Cl2N2O/c17-13-3-1-12(2-4-13)9-10-19-11-16(21)20-15-7-5-14(18)6-8-15/h1-8,19H,9-11H2,(H,20,21). The first-order valence-corrected chi connectivity index (χ1v) is 7.39. The van der Waals surface area contributed by atoms with Crippen LogP contribution >= 0.6 is 23.2 Å². The molecule has 0 atom stereocenters. The van der Waals surface area contributed by atoms with Crippen molar-refractivity contribution in [3.8, 4) is 0 Å². The molecule has 2 N–H and O–H groups in total. The summed E-state index contributed by atoms with van der Waals surface area (Å²) in [5.41, 5.74) is 1.92. The van der Waals surface area contributed by atoms with Crippen LogP contribution in [0, 0.1) is 0 Å². The maximum absolute atomic E-state index is 11.7. The van der Waals surface area contributed by atoms with Crippen LogP contribution in [0.15, 0.2) is 48.5 Å². The predicted octanol–water partition coefficient (Wildman–Crippen LogP) is 3.76. The molecule has 0 spiro atoms. The average molecular weight is 323 g/mol. The van der Waals surface area contributed by atoms with Gasteiger partial charge in [-0.05, 0) is 54.9 Å². The fourth-order valence-electron chi connectivity index (χ4n) is 1.82. The minimum Gasteiger partial charge on any atom is -0.325 e. The molecule has 0 aliphatic heterocycles. The second-order valence-corrected chi connectivity index (χ2v) is 5.48. The van der Waals surface area contributed by atoms with Gasteiger partial charge in [0.25, 0.3) is 0 Å². The van der Waals surface area contributed by atoms with E-state index in [4.69, 9.17) is 23.2 Å². The Morgan fingerprint density at radius 2 is 1.48 bits per heavy atom. The van der Waals surface area contributed by atoms with Gasteiger partial charge in [0.1, 0.15) is 0 Å². The number of carbonyl (C=O) groups is 1. The van der Waals surface area contributed by atoms with Gasteiger partial charge in [-0.15, -0.1) is 0 Å². The van der Waals surface area contributed by atoms with Crippen LogP contribution in [0.5, 0.6) is 0 Å². The van der Waals surface area contributed by atoms with Crippen LogP contribution in [0.1, 0.15) is 5.56 Å². The molecule has 0 bridgehead atoms. The predicted molar refractivity (Wildman–Crippen MR) is 88.1 cm³/mol. The van der Waals surface area contributed by atoms with Gasteiger partial charge in [0, 0.05) is 15.7 Å². The summed E-state index contributed by atoms with van der Waals surface area (Å²) in [7, 11) is 0. The molecule has 2 aromatic carbocycles. The summed E-state index contributed by atoms with van der Waals surface area (Å²) in [6, 6.07) is 14.7. The van der Waals surface area contributed by atoms with E-state index in [1.807, 2.05) is 24.3 Å². The second kappa shape index (κ2) is 8.03. The lowest BCUT2D eigenvalue weighted by atomic mass is 10.1. The minimum absolute atomic E-state index is 0.0755. The number of amides is 1. The highest BCUT2D eigenvalue weighted by molar-refractivity contribution is 6.30. The monoisotopic (exact) mass is 322 g/mol. The van der Waals surface area contributed by atoms with E-state index >= 15 is 0 Å². The van der Waals surface area contributed by atoms with E-state index in [0.717, 1.165) is 23.7 Å². The molecule has 0 fully saturated rings. The van der Waals surface area contributed by atoms with E-state index in [0.29, 0.717) is 5.02 Å². The normalized spacial score (nSPS) is 10.4. The Bertz CT molecular complexity index is 582. The van der Waals surface area contributed by atoms with Gasteiger partial charge in [-0.2, -0.15) is 0 Å². The van der Waals surface area contributed by atoms with Gasteiger partial charge < -0.3 is 10.6 Å². The first-order chi connectivity index (χ1) is 10.1. The molecule has 2 rings (SSSR count). The van der Waals surface area contributed by atoms with Crippen LogP contribution in [0.25, 0.3) is 0 Å². The summed E-state index contributed by atoms with van der Waals surface area (Å²) in [6.07, 6.45) is 0.853. The zero-order chi connectivity index (χ0) is 15.1. The van der Waals surface area contributed by atoms with Crippen LogP contribution in [-0.2, 0) is 11.2 Å². The number of benzene rings is 2. The van der Waals surface area contributed by atoms with Gasteiger partial charge in [0.15, 0.2) is 0 Å². The van der Waals surface area contributed by atoms with Gasteiger partial charge in [0.05, 0.1) is 6.54 Å². The maximum Gasteiger partial charge on any atom is 0.238 e. The second-order valence-electron chi connectivity index (χ2n) is 4.61. The number of carbonyl (C=O) groups excluding carboxylic acids is 1. The maximum atomic E-state index is 11.7. The van der Waals surface area contributed by atoms with Gasteiger partial charge in [-0.3, -0.25) is 4.79 Å². The number of hydrogen-bond donors (Lipinski definition) is 2. The van der Waals surface area contributed by atoms with Gasteiger partial charge in [0.2, 0.25) is 5.91 Å². The Labute approximate surface area is 134 Å². The summed E-state index contributed by atoms with van der Waals surface area (Å²) in [5, 5.41) is 7.28. The Morgan fingerprint density at radius 1 is 0.905 bits per heavy atom. The summed E-state index contributed by atoms with van der Waals surface area (Å²) < 4.78 is 0. The smallest absolute Gasteiger partial charge is 0.238 e. The number of anilines is 1. The van der Waals surface area contributed by atoms with Crippen molar-refractivity contribution in [3.05, 3.63) is 64.1 Å². The molecule has 2 aromatic rings. The fourth-order valence-corrected chi connectivity index (χ4v) is 2.08. The molecule has 0 saturated carbocycles. The van der Waals surface area contributed by atoms with Crippen LogP contribution in [-0.4, -0.2) is 19.0 Å². The van der Waals surface area contributed by atoms with Crippen molar-refractivity contribution in [1.82, 2.24) is 5.32 Å². The fraction of sp³-hybridized carbons (Fsp3) is 0.188. The SMILES string of the molecule is O=C(CNCCc1ccc(Cl)cc1)Nc1ccc(Cl)cc1. The molecular formula is C16H16Cl2N2O. The van der Waals surface area contributed by atoms with Crippen molar-refractivity contribution in [3.63, 3.8) is 0 Å². The van der Waals surface area contributed by atoms with Crippen LogP contribution in [0.4, 0.5) is 5.69 Å². The molecule has 0 heterocycles. The molecule has 21 heavy (non-hydrogen) atoms. The third kappa shape index (κ3) is 5.76. The molecule has 110 valence electrons. The van der Waals surface area contributed by atoms with E-state index in [1.165, 1.54) is 5.56 Å². The van der Waals surface area contributed by atoms with Gasteiger partial charge >= 0.3 is 0 Å². The topological polar surface area (TPSA) is 41.1 Å². The highest BCUT2D eigenvalue weighted by Gasteiger charge is 2.01. The molecule has 0 aromatic heterocycles. The van der Waals surface area contributed by atoms with Gasteiger partial charge in [-0.1, -0.05) is 35.3 Å². The van der Waals surface area contributed by atoms with Crippen molar-refractivity contribution >= 4 is 34.8 Å².